The first-order valence-corrected chi connectivity index (χ1v) is 14.4. The highest BCUT2D eigenvalue weighted by molar-refractivity contribution is 5.73. The second kappa shape index (κ2) is 14.8. The minimum absolute atomic E-state index is 0.0142. The molecule has 0 spiro atoms. The van der Waals surface area contributed by atoms with E-state index in [9.17, 15) is 9.90 Å². The highest BCUT2D eigenvalue weighted by Gasteiger charge is 2.32. The third kappa shape index (κ3) is 8.50. The lowest BCUT2D eigenvalue weighted by Gasteiger charge is -2.38. The number of benzene rings is 4. The lowest BCUT2D eigenvalue weighted by atomic mass is 9.99. The topological polar surface area (TPSA) is 83.1 Å². The summed E-state index contributed by atoms with van der Waals surface area (Å²) in [4.78, 5) is 14.6. The van der Waals surface area contributed by atoms with E-state index < -0.39 is 6.29 Å². The Morgan fingerprint density at radius 3 is 1.90 bits per heavy atom. The molecule has 0 unspecified atom stereocenters. The minimum Gasteiger partial charge on any atom is -0.392 e. The van der Waals surface area contributed by atoms with E-state index in [1.807, 2.05) is 84.9 Å². The van der Waals surface area contributed by atoms with E-state index in [1.54, 1.807) is 0 Å². The summed E-state index contributed by atoms with van der Waals surface area (Å²) in [6, 6.07) is 36.0. The summed E-state index contributed by atoms with van der Waals surface area (Å²) in [7, 11) is 2.11. The second-order valence-corrected chi connectivity index (χ2v) is 10.8. The van der Waals surface area contributed by atoms with Crippen LogP contribution in [0.2, 0.25) is 0 Å². The fraction of sp³-hybridized carbons (Fsp3) is 0.286. The number of hydrogen-bond acceptors (Lipinski definition) is 5. The molecule has 0 saturated carbocycles. The number of likely N-dealkylation sites (N-methyl/N-ethyl adjacent to an activating group) is 1. The number of nitrogens with one attached hydrogen (secondary N) is 2. The number of nitrogens with zero attached hydrogens (tertiary/aromatic N) is 1. The Morgan fingerprint density at radius 1 is 0.738 bits per heavy atom. The van der Waals surface area contributed by atoms with Gasteiger partial charge in [0.2, 0.25) is 0 Å². The summed E-state index contributed by atoms with van der Waals surface area (Å²) in [5, 5.41) is 15.3. The van der Waals surface area contributed by atoms with Gasteiger partial charge in [-0.05, 0) is 34.9 Å². The van der Waals surface area contributed by atoms with Crippen molar-refractivity contribution in [1.29, 1.82) is 0 Å². The van der Waals surface area contributed by atoms with Crippen molar-refractivity contribution < 1.29 is 19.4 Å². The molecule has 1 fully saturated rings. The summed E-state index contributed by atoms with van der Waals surface area (Å²) in [6.07, 6.45) is 0.0391. The molecule has 3 atom stereocenters. The third-order valence-corrected chi connectivity index (χ3v) is 7.43. The van der Waals surface area contributed by atoms with Gasteiger partial charge < -0.3 is 25.2 Å². The van der Waals surface area contributed by atoms with E-state index in [2.05, 4.69) is 46.8 Å². The first kappa shape index (κ1) is 29.5. The number of hydrogen-bond donors (Lipinski definition) is 3. The van der Waals surface area contributed by atoms with Crippen molar-refractivity contribution >= 4 is 6.03 Å². The fourth-order valence-corrected chi connectivity index (χ4v) is 5.16. The lowest BCUT2D eigenvalue weighted by molar-refractivity contribution is -0.252. The van der Waals surface area contributed by atoms with E-state index in [0.29, 0.717) is 13.1 Å². The first-order chi connectivity index (χ1) is 20.6. The normalized spacial score (nSPS) is 18.5. The monoisotopic (exact) mass is 565 g/mol. The molecule has 4 aromatic rings. The standard InChI is InChI=1S/C35H39N3O4/c1-38(23-28-10-6-3-7-11-28)24-32-20-33(30-16-14-29(25-39)15-17-30)42-34(41-32)31-18-12-27(13-19-31)22-37-35(40)36-21-26-8-4-2-5-9-26/h2-19,32-34,39H,20-25H2,1H3,(H2,36,37,40)/t32-,33+,34+/m0/s1. The predicted molar refractivity (Wildman–Crippen MR) is 163 cm³/mol. The number of rotatable bonds is 11. The summed E-state index contributed by atoms with van der Waals surface area (Å²) < 4.78 is 13.0. The van der Waals surface area contributed by atoms with Crippen LogP contribution in [0.1, 0.15) is 52.2 Å². The van der Waals surface area contributed by atoms with Crippen molar-refractivity contribution in [2.24, 2.45) is 0 Å². The van der Waals surface area contributed by atoms with Crippen LogP contribution in [-0.2, 0) is 35.7 Å². The molecule has 218 valence electrons. The number of carbonyl (C=O) groups is 1. The summed E-state index contributed by atoms with van der Waals surface area (Å²) in [6.45, 7) is 2.51. The average molecular weight is 566 g/mol. The lowest BCUT2D eigenvalue weighted by Crippen LogP contribution is -2.37. The van der Waals surface area contributed by atoms with Gasteiger partial charge in [0.1, 0.15) is 0 Å². The van der Waals surface area contributed by atoms with E-state index >= 15 is 0 Å². The van der Waals surface area contributed by atoms with Crippen molar-refractivity contribution in [2.75, 3.05) is 13.6 Å². The Morgan fingerprint density at radius 2 is 1.29 bits per heavy atom. The number of urea groups is 1. The minimum atomic E-state index is -0.521. The Balaban J connectivity index is 1.21. The maximum absolute atomic E-state index is 12.3. The van der Waals surface area contributed by atoms with Crippen LogP contribution in [-0.4, -0.2) is 35.7 Å². The molecular weight excluding hydrogens is 526 g/mol. The van der Waals surface area contributed by atoms with Gasteiger partial charge in [-0.2, -0.15) is 0 Å². The van der Waals surface area contributed by atoms with E-state index in [1.165, 1.54) is 5.56 Å². The first-order valence-electron chi connectivity index (χ1n) is 14.4. The molecule has 0 aliphatic carbocycles. The van der Waals surface area contributed by atoms with Crippen molar-refractivity contribution in [2.45, 2.75) is 51.2 Å². The molecule has 42 heavy (non-hydrogen) atoms. The van der Waals surface area contributed by atoms with Crippen molar-refractivity contribution in [3.8, 4) is 0 Å². The van der Waals surface area contributed by atoms with Gasteiger partial charge in [0, 0.05) is 38.2 Å². The van der Waals surface area contributed by atoms with Gasteiger partial charge in [-0.15, -0.1) is 0 Å². The van der Waals surface area contributed by atoms with Crippen LogP contribution in [0.25, 0.3) is 0 Å². The SMILES string of the molecule is CN(Cc1ccccc1)C[C@@H]1C[C@H](c2ccc(CO)cc2)O[C@H](c2ccc(CNC(=O)NCc3ccccc3)cc2)O1. The Hall–Kier alpha value is -4.01. The summed E-state index contributed by atoms with van der Waals surface area (Å²) in [5.74, 6) is 0. The third-order valence-electron chi connectivity index (χ3n) is 7.43. The van der Waals surface area contributed by atoms with Crippen LogP contribution in [0.15, 0.2) is 109 Å². The van der Waals surface area contributed by atoms with Crippen LogP contribution in [0, 0.1) is 0 Å². The van der Waals surface area contributed by atoms with Gasteiger partial charge in [0.05, 0.1) is 18.8 Å². The molecule has 1 heterocycles. The molecule has 3 N–H and O–H groups in total. The number of ether oxygens (including phenoxy) is 2. The zero-order valence-electron chi connectivity index (χ0n) is 24.0. The smallest absolute Gasteiger partial charge is 0.315 e. The van der Waals surface area contributed by atoms with Crippen molar-refractivity contribution in [3.05, 3.63) is 143 Å². The van der Waals surface area contributed by atoms with Crippen LogP contribution in [0.5, 0.6) is 0 Å². The molecule has 1 aliphatic rings. The molecule has 0 aromatic heterocycles. The van der Waals surface area contributed by atoms with E-state index in [0.717, 1.165) is 47.3 Å². The Kier molecular flexibility index (Phi) is 10.4. The fourth-order valence-electron chi connectivity index (χ4n) is 5.16. The molecule has 7 nitrogen and oxygen atoms in total. The molecule has 0 bridgehead atoms. The molecule has 2 amide bonds. The van der Waals surface area contributed by atoms with Gasteiger partial charge in [0.25, 0.3) is 0 Å². The van der Waals surface area contributed by atoms with E-state index in [-0.39, 0.29) is 24.8 Å². The number of amides is 2. The van der Waals surface area contributed by atoms with Crippen LogP contribution >= 0.6 is 0 Å². The maximum Gasteiger partial charge on any atom is 0.315 e. The Labute approximate surface area is 248 Å². The molecule has 0 radical (unpaired) electrons. The van der Waals surface area contributed by atoms with Crippen LogP contribution in [0.3, 0.4) is 0 Å². The maximum atomic E-state index is 12.3. The number of aliphatic hydroxyl groups excluding tert-OH is 1. The average Bonchev–Trinajstić information content (AvgIpc) is 3.04. The molecular formula is C35H39N3O4. The van der Waals surface area contributed by atoms with Gasteiger partial charge in [-0.25, -0.2) is 4.79 Å². The highest BCUT2D eigenvalue weighted by atomic mass is 16.7. The van der Waals surface area contributed by atoms with Crippen LogP contribution < -0.4 is 10.6 Å². The van der Waals surface area contributed by atoms with Crippen molar-refractivity contribution in [3.63, 3.8) is 0 Å². The number of aliphatic hydroxyl groups is 1. The van der Waals surface area contributed by atoms with Crippen LogP contribution in [0.4, 0.5) is 4.79 Å². The zero-order valence-corrected chi connectivity index (χ0v) is 24.0. The predicted octanol–water partition coefficient (Wildman–Crippen LogP) is 5.86. The van der Waals surface area contributed by atoms with E-state index in [4.69, 9.17) is 9.47 Å². The number of carbonyl (C=O) groups excluding carboxylic acids is 1. The Bertz CT molecular complexity index is 1380. The molecule has 1 aliphatic heterocycles. The van der Waals surface area contributed by atoms with Crippen molar-refractivity contribution in [1.82, 2.24) is 15.5 Å². The second-order valence-electron chi connectivity index (χ2n) is 10.8. The summed E-state index contributed by atoms with van der Waals surface area (Å²) in [5.41, 5.74) is 6.17. The van der Waals surface area contributed by atoms with Gasteiger partial charge in [0.15, 0.2) is 6.29 Å². The molecule has 7 heteroatoms. The summed E-state index contributed by atoms with van der Waals surface area (Å²) >= 11 is 0. The zero-order chi connectivity index (χ0) is 29.1. The molecule has 4 aromatic carbocycles. The van der Waals surface area contributed by atoms with Gasteiger partial charge in [-0.3, -0.25) is 4.90 Å². The van der Waals surface area contributed by atoms with Gasteiger partial charge in [-0.1, -0.05) is 109 Å². The molecule has 1 saturated heterocycles. The highest BCUT2D eigenvalue weighted by Crippen LogP contribution is 2.38. The largest absolute Gasteiger partial charge is 0.392 e. The van der Waals surface area contributed by atoms with Gasteiger partial charge >= 0.3 is 6.03 Å². The molecule has 5 rings (SSSR count). The quantitative estimate of drug-likeness (QED) is 0.212.